The largest absolute Gasteiger partial charge is 0.488 e. The van der Waals surface area contributed by atoms with Gasteiger partial charge in [-0.2, -0.15) is 0 Å². The maximum Gasteiger partial charge on any atom is 0.175 e. The SMILES string of the molecule is CCCCC(CC)CCCC1(CCCC(CC)CCCC)COc2c(C(C)(C)C)sc(C(C)(C)C)c2OC1. The zero-order valence-electron chi connectivity index (χ0n) is 27.2. The first-order chi connectivity index (χ1) is 17.9. The average Bonchev–Trinajstić information content (AvgIpc) is 3.16. The number of thiophene rings is 1. The summed E-state index contributed by atoms with van der Waals surface area (Å²) >= 11 is 1.91. The molecule has 2 rings (SSSR count). The highest BCUT2D eigenvalue weighted by atomic mass is 32.1. The highest BCUT2D eigenvalue weighted by Gasteiger charge is 2.40. The van der Waals surface area contributed by atoms with E-state index in [1.807, 2.05) is 11.3 Å². The highest BCUT2D eigenvalue weighted by molar-refractivity contribution is 7.13. The maximum atomic E-state index is 6.88. The second-order valence-electron chi connectivity index (χ2n) is 14.6. The molecule has 0 spiro atoms. The average molecular weight is 549 g/mol. The van der Waals surface area contributed by atoms with Crippen LogP contribution < -0.4 is 9.47 Å². The number of rotatable bonds is 16. The molecule has 0 N–H and O–H groups in total. The molecule has 3 heteroatoms. The van der Waals surface area contributed by atoms with E-state index in [9.17, 15) is 0 Å². The van der Waals surface area contributed by atoms with Crippen LogP contribution in [0.25, 0.3) is 0 Å². The molecule has 2 nitrogen and oxygen atoms in total. The van der Waals surface area contributed by atoms with Crippen molar-refractivity contribution in [3.8, 4) is 11.5 Å². The van der Waals surface area contributed by atoms with E-state index < -0.39 is 0 Å². The van der Waals surface area contributed by atoms with Crippen molar-refractivity contribution >= 4 is 11.3 Å². The molecular formula is C35H64O2S. The number of ether oxygens (including phenoxy) is 2. The second-order valence-corrected chi connectivity index (χ2v) is 15.6. The highest BCUT2D eigenvalue weighted by Crippen LogP contribution is 2.54. The molecule has 0 radical (unpaired) electrons. The number of hydrogen-bond acceptors (Lipinski definition) is 3. The number of hydrogen-bond donors (Lipinski definition) is 0. The summed E-state index contributed by atoms with van der Waals surface area (Å²) in [6, 6.07) is 0. The Morgan fingerprint density at radius 1 is 0.632 bits per heavy atom. The van der Waals surface area contributed by atoms with Gasteiger partial charge in [-0.15, -0.1) is 11.3 Å². The van der Waals surface area contributed by atoms with Gasteiger partial charge >= 0.3 is 0 Å². The van der Waals surface area contributed by atoms with Crippen molar-refractivity contribution < 1.29 is 9.47 Å². The van der Waals surface area contributed by atoms with Crippen LogP contribution in [-0.4, -0.2) is 13.2 Å². The van der Waals surface area contributed by atoms with Crippen LogP contribution in [0.15, 0.2) is 0 Å². The van der Waals surface area contributed by atoms with Crippen LogP contribution in [0.5, 0.6) is 11.5 Å². The summed E-state index contributed by atoms with van der Waals surface area (Å²) in [4.78, 5) is 2.70. The molecule has 38 heavy (non-hydrogen) atoms. The lowest BCUT2D eigenvalue weighted by Gasteiger charge is -2.33. The van der Waals surface area contributed by atoms with Crippen molar-refractivity contribution in [3.05, 3.63) is 9.75 Å². The van der Waals surface area contributed by atoms with E-state index in [0.717, 1.165) is 36.5 Å². The van der Waals surface area contributed by atoms with Crippen LogP contribution in [0.4, 0.5) is 0 Å². The molecule has 2 heterocycles. The van der Waals surface area contributed by atoms with Gasteiger partial charge in [-0.25, -0.2) is 0 Å². The molecule has 0 bridgehead atoms. The zero-order valence-corrected chi connectivity index (χ0v) is 28.0. The molecular weight excluding hydrogens is 484 g/mol. The third kappa shape index (κ3) is 9.74. The fourth-order valence-corrected chi connectivity index (χ4v) is 7.48. The fourth-order valence-electron chi connectivity index (χ4n) is 6.18. The molecule has 1 aromatic heterocycles. The summed E-state index contributed by atoms with van der Waals surface area (Å²) in [5.74, 6) is 3.86. The van der Waals surface area contributed by atoms with Crippen molar-refractivity contribution in [3.63, 3.8) is 0 Å². The van der Waals surface area contributed by atoms with Crippen molar-refractivity contribution in [1.82, 2.24) is 0 Å². The summed E-state index contributed by atoms with van der Waals surface area (Å²) in [6.07, 6.45) is 18.5. The smallest absolute Gasteiger partial charge is 0.175 e. The first-order valence-corrected chi connectivity index (χ1v) is 17.2. The third-order valence-corrected chi connectivity index (χ3v) is 11.0. The Balaban J connectivity index is 2.25. The van der Waals surface area contributed by atoms with E-state index in [4.69, 9.17) is 9.47 Å². The van der Waals surface area contributed by atoms with Crippen LogP contribution in [0.3, 0.4) is 0 Å². The summed E-state index contributed by atoms with van der Waals surface area (Å²) in [7, 11) is 0. The van der Waals surface area contributed by atoms with Crippen LogP contribution >= 0.6 is 11.3 Å². The van der Waals surface area contributed by atoms with Crippen molar-refractivity contribution in [2.45, 2.75) is 170 Å². The normalized spacial score (nSPS) is 17.3. The molecule has 0 amide bonds. The van der Waals surface area contributed by atoms with Gasteiger partial charge in [0.15, 0.2) is 11.5 Å². The molecule has 0 saturated carbocycles. The molecule has 222 valence electrons. The van der Waals surface area contributed by atoms with E-state index in [2.05, 4.69) is 69.2 Å². The van der Waals surface area contributed by atoms with E-state index >= 15 is 0 Å². The Labute approximate surface area is 242 Å². The van der Waals surface area contributed by atoms with Gasteiger partial charge in [-0.1, -0.05) is 146 Å². The fraction of sp³-hybridized carbons (Fsp3) is 0.886. The van der Waals surface area contributed by atoms with Crippen molar-refractivity contribution in [2.24, 2.45) is 17.3 Å². The van der Waals surface area contributed by atoms with Gasteiger partial charge in [0.05, 0.1) is 23.0 Å². The lowest BCUT2D eigenvalue weighted by molar-refractivity contribution is 0.0744. The standard InChI is InChI=1S/C35H64O2S/c1-11-15-19-27(13-3)21-17-23-35(24-18-22-28(14-4)20-16-12-2)25-36-29-30(37-26-35)32(34(8,9)10)38-31(29)33(5,6)7/h27-28H,11-26H2,1-10H3. The predicted octanol–water partition coefficient (Wildman–Crippen LogP) is 11.9. The second kappa shape index (κ2) is 15.3. The maximum absolute atomic E-state index is 6.88. The first-order valence-electron chi connectivity index (χ1n) is 16.3. The van der Waals surface area contributed by atoms with Crippen LogP contribution in [0.1, 0.15) is 169 Å². The van der Waals surface area contributed by atoms with Crippen LogP contribution in [0, 0.1) is 17.3 Å². The van der Waals surface area contributed by atoms with Crippen molar-refractivity contribution in [2.75, 3.05) is 13.2 Å². The Hall–Kier alpha value is -0.700. The minimum atomic E-state index is 0.0514. The molecule has 1 aliphatic heterocycles. The van der Waals surface area contributed by atoms with E-state index in [-0.39, 0.29) is 16.2 Å². The zero-order chi connectivity index (χ0) is 28.4. The van der Waals surface area contributed by atoms with E-state index in [1.54, 1.807) is 0 Å². The van der Waals surface area contributed by atoms with Gasteiger partial charge in [0, 0.05) is 16.2 Å². The Morgan fingerprint density at radius 2 is 1.00 bits per heavy atom. The lowest BCUT2D eigenvalue weighted by Crippen LogP contribution is -2.34. The Bertz CT molecular complexity index is 730. The minimum absolute atomic E-state index is 0.0514. The Morgan fingerprint density at radius 3 is 1.32 bits per heavy atom. The van der Waals surface area contributed by atoms with Gasteiger partial charge in [0.1, 0.15) is 0 Å². The summed E-state index contributed by atoms with van der Waals surface area (Å²) in [5, 5.41) is 0. The first kappa shape index (κ1) is 33.5. The number of fused-ring (bicyclic) bond motifs is 1. The molecule has 0 aromatic carbocycles. The third-order valence-electron chi connectivity index (χ3n) is 8.96. The summed E-state index contributed by atoms with van der Waals surface area (Å²) < 4.78 is 13.8. The predicted molar refractivity (Wildman–Crippen MR) is 169 cm³/mol. The minimum Gasteiger partial charge on any atom is -0.488 e. The number of unbranched alkanes of at least 4 members (excludes halogenated alkanes) is 2. The van der Waals surface area contributed by atoms with Crippen LogP contribution in [-0.2, 0) is 10.8 Å². The molecule has 1 aromatic rings. The van der Waals surface area contributed by atoms with Crippen LogP contribution in [0.2, 0.25) is 0 Å². The monoisotopic (exact) mass is 548 g/mol. The molecule has 0 fully saturated rings. The van der Waals surface area contributed by atoms with Crippen molar-refractivity contribution in [1.29, 1.82) is 0 Å². The topological polar surface area (TPSA) is 18.5 Å². The van der Waals surface area contributed by atoms with Gasteiger partial charge < -0.3 is 9.47 Å². The molecule has 0 aliphatic carbocycles. The summed E-state index contributed by atoms with van der Waals surface area (Å²) in [5.41, 5.74) is 0.221. The molecule has 1 aliphatic rings. The molecule has 2 atom stereocenters. The summed E-state index contributed by atoms with van der Waals surface area (Å²) in [6.45, 7) is 24.9. The van der Waals surface area contributed by atoms with Gasteiger partial charge in [0.2, 0.25) is 0 Å². The quantitative estimate of drug-likeness (QED) is 0.204. The van der Waals surface area contributed by atoms with Gasteiger partial charge in [-0.3, -0.25) is 0 Å². The van der Waals surface area contributed by atoms with Gasteiger partial charge in [0.25, 0.3) is 0 Å². The van der Waals surface area contributed by atoms with E-state index in [1.165, 1.54) is 99.6 Å². The van der Waals surface area contributed by atoms with Gasteiger partial charge in [-0.05, 0) is 24.7 Å². The Kier molecular flexibility index (Phi) is 13.5. The van der Waals surface area contributed by atoms with E-state index in [0.29, 0.717) is 0 Å². The molecule has 2 unspecified atom stereocenters. The molecule has 0 saturated heterocycles. The lowest BCUT2D eigenvalue weighted by atomic mass is 9.77.